The molecule has 1 aliphatic heterocycles. The molecule has 1 N–H and O–H groups in total. The lowest BCUT2D eigenvalue weighted by Crippen LogP contribution is -2.32. The highest BCUT2D eigenvalue weighted by Crippen LogP contribution is 2.19. The predicted octanol–water partition coefficient (Wildman–Crippen LogP) is 2.73. The summed E-state index contributed by atoms with van der Waals surface area (Å²) in [5.74, 6) is 0.431. The Bertz CT molecular complexity index is 861. The lowest BCUT2D eigenvalue weighted by atomic mass is 10.1. The van der Waals surface area contributed by atoms with E-state index in [0.717, 1.165) is 31.5 Å². The number of sulfonamides is 1. The second kappa shape index (κ2) is 8.54. The van der Waals surface area contributed by atoms with Crippen molar-refractivity contribution >= 4 is 15.9 Å². The van der Waals surface area contributed by atoms with Gasteiger partial charge in [0.2, 0.25) is 10.0 Å². The molecule has 0 radical (unpaired) electrons. The van der Waals surface area contributed by atoms with E-state index in [1.54, 1.807) is 24.0 Å². The molecule has 2 aromatic carbocycles. The summed E-state index contributed by atoms with van der Waals surface area (Å²) in [6.07, 6.45) is 2.07. The predicted molar refractivity (Wildman–Crippen MR) is 103 cm³/mol. The van der Waals surface area contributed by atoms with E-state index in [2.05, 4.69) is 4.72 Å². The Kier molecular flexibility index (Phi) is 6.13. The normalized spacial score (nSPS) is 15.5. The highest BCUT2D eigenvalue weighted by atomic mass is 32.2. The summed E-state index contributed by atoms with van der Waals surface area (Å²) in [5, 5.41) is 0. The van der Waals surface area contributed by atoms with Gasteiger partial charge in [0.05, 0.1) is 4.90 Å². The van der Waals surface area contributed by atoms with Crippen LogP contribution in [0.5, 0.6) is 5.75 Å². The molecule has 1 fully saturated rings. The van der Waals surface area contributed by atoms with E-state index in [9.17, 15) is 13.2 Å². The smallest absolute Gasteiger partial charge is 0.260 e. The van der Waals surface area contributed by atoms with Gasteiger partial charge in [0, 0.05) is 19.1 Å². The van der Waals surface area contributed by atoms with E-state index >= 15 is 0 Å². The van der Waals surface area contributed by atoms with Gasteiger partial charge in [-0.05, 0) is 49.6 Å². The molecule has 0 spiro atoms. The van der Waals surface area contributed by atoms with Gasteiger partial charge in [0.15, 0.2) is 6.61 Å². The molecule has 2 aromatic rings. The fraction of sp³-hybridized carbons (Fsp3) is 0.350. The molecule has 0 unspecified atom stereocenters. The number of hydrogen-bond donors (Lipinski definition) is 1. The lowest BCUT2D eigenvalue weighted by Gasteiger charge is -2.16. The van der Waals surface area contributed by atoms with Gasteiger partial charge in [-0.2, -0.15) is 0 Å². The van der Waals surface area contributed by atoms with Gasteiger partial charge < -0.3 is 9.64 Å². The molecule has 6 nitrogen and oxygen atoms in total. The number of amides is 1. The zero-order valence-electron chi connectivity index (χ0n) is 15.3. The third-order valence-electron chi connectivity index (χ3n) is 4.59. The van der Waals surface area contributed by atoms with Crippen LogP contribution in [-0.2, 0) is 14.8 Å². The number of carbonyl (C=O) groups excluding carboxylic acids is 1. The van der Waals surface area contributed by atoms with Crippen molar-refractivity contribution in [2.45, 2.75) is 30.7 Å². The fourth-order valence-corrected chi connectivity index (χ4v) is 4.26. The molecule has 1 aliphatic rings. The lowest BCUT2D eigenvalue weighted by molar-refractivity contribution is -0.132. The summed E-state index contributed by atoms with van der Waals surface area (Å²) in [7, 11) is -3.65. The third kappa shape index (κ3) is 5.08. The Morgan fingerprint density at radius 1 is 1.07 bits per heavy atom. The molecule has 3 rings (SSSR count). The van der Waals surface area contributed by atoms with Crippen LogP contribution in [0.25, 0.3) is 0 Å². The van der Waals surface area contributed by atoms with Gasteiger partial charge in [-0.3, -0.25) is 4.79 Å². The number of hydrogen-bond acceptors (Lipinski definition) is 4. The molecule has 0 saturated carbocycles. The van der Waals surface area contributed by atoms with Crippen LogP contribution in [0.1, 0.15) is 31.4 Å². The summed E-state index contributed by atoms with van der Waals surface area (Å²) in [4.78, 5) is 13.9. The zero-order chi connectivity index (χ0) is 19.3. The van der Waals surface area contributed by atoms with Gasteiger partial charge in [0.1, 0.15) is 5.75 Å². The summed E-state index contributed by atoms with van der Waals surface area (Å²) in [6, 6.07) is 15.1. The molecule has 0 bridgehead atoms. The Morgan fingerprint density at radius 2 is 1.70 bits per heavy atom. The van der Waals surface area contributed by atoms with Gasteiger partial charge in [-0.25, -0.2) is 13.1 Å². The van der Waals surface area contributed by atoms with Crippen molar-refractivity contribution in [3.8, 4) is 5.75 Å². The third-order valence-corrected chi connectivity index (χ3v) is 6.14. The molecular weight excluding hydrogens is 364 g/mol. The zero-order valence-corrected chi connectivity index (χ0v) is 16.1. The number of ether oxygens (including phenoxy) is 1. The second-order valence-corrected chi connectivity index (χ2v) is 8.32. The summed E-state index contributed by atoms with van der Waals surface area (Å²) in [6.45, 7) is 3.33. The molecule has 0 aromatic heterocycles. The number of likely N-dealkylation sites (tertiary alicyclic amines) is 1. The van der Waals surface area contributed by atoms with Crippen LogP contribution in [0.15, 0.2) is 59.5 Å². The molecule has 0 aliphatic carbocycles. The number of carbonyl (C=O) groups is 1. The molecule has 1 heterocycles. The minimum Gasteiger partial charge on any atom is -0.484 e. The maximum atomic E-state index is 12.6. The topological polar surface area (TPSA) is 75.7 Å². The molecule has 144 valence electrons. The van der Waals surface area contributed by atoms with Crippen LogP contribution < -0.4 is 9.46 Å². The van der Waals surface area contributed by atoms with Crippen LogP contribution >= 0.6 is 0 Å². The van der Waals surface area contributed by atoms with Crippen LogP contribution in [0.4, 0.5) is 0 Å². The van der Waals surface area contributed by atoms with Crippen LogP contribution in [0.2, 0.25) is 0 Å². The van der Waals surface area contributed by atoms with Crippen molar-refractivity contribution in [3.63, 3.8) is 0 Å². The summed E-state index contributed by atoms with van der Waals surface area (Å²) < 4.78 is 33.3. The first-order chi connectivity index (χ1) is 13.0. The van der Waals surface area contributed by atoms with Crippen LogP contribution in [0, 0.1) is 0 Å². The second-order valence-electron chi connectivity index (χ2n) is 6.60. The SMILES string of the molecule is C[C@H](NS(=O)(=O)c1ccc(OCC(=O)N2CCCC2)cc1)c1ccccc1. The monoisotopic (exact) mass is 388 g/mol. The number of rotatable bonds is 7. The van der Waals surface area contributed by atoms with Gasteiger partial charge in [-0.15, -0.1) is 0 Å². The van der Waals surface area contributed by atoms with E-state index in [1.165, 1.54) is 12.1 Å². The van der Waals surface area contributed by atoms with E-state index in [-0.39, 0.29) is 23.5 Å². The number of nitrogens with zero attached hydrogens (tertiary/aromatic N) is 1. The largest absolute Gasteiger partial charge is 0.484 e. The standard InChI is InChI=1S/C20H24N2O4S/c1-16(17-7-3-2-4-8-17)21-27(24,25)19-11-9-18(10-12-19)26-15-20(23)22-13-5-6-14-22/h2-4,7-12,16,21H,5-6,13-15H2,1H3/t16-/m0/s1. The minimum atomic E-state index is -3.65. The van der Waals surface area contributed by atoms with Crippen LogP contribution in [-0.4, -0.2) is 38.9 Å². The average molecular weight is 388 g/mol. The minimum absolute atomic E-state index is 0.0324. The molecule has 1 amide bonds. The van der Waals surface area contributed by atoms with Gasteiger partial charge in [-0.1, -0.05) is 30.3 Å². The van der Waals surface area contributed by atoms with Crippen molar-refractivity contribution in [2.75, 3.05) is 19.7 Å². The first-order valence-electron chi connectivity index (χ1n) is 9.03. The molecule has 27 heavy (non-hydrogen) atoms. The Labute approximate surface area is 160 Å². The first kappa shape index (κ1) is 19.4. The van der Waals surface area contributed by atoms with Crippen molar-refractivity contribution < 1.29 is 17.9 Å². The van der Waals surface area contributed by atoms with Crippen molar-refractivity contribution in [3.05, 3.63) is 60.2 Å². The maximum absolute atomic E-state index is 12.6. The average Bonchev–Trinajstić information content (AvgIpc) is 3.22. The quantitative estimate of drug-likeness (QED) is 0.791. The Morgan fingerprint density at radius 3 is 2.33 bits per heavy atom. The van der Waals surface area contributed by atoms with Crippen molar-refractivity contribution in [1.29, 1.82) is 0 Å². The van der Waals surface area contributed by atoms with E-state index < -0.39 is 10.0 Å². The number of benzene rings is 2. The highest BCUT2D eigenvalue weighted by Gasteiger charge is 2.20. The van der Waals surface area contributed by atoms with Gasteiger partial charge in [0.25, 0.3) is 5.91 Å². The molecule has 1 saturated heterocycles. The summed E-state index contributed by atoms with van der Waals surface area (Å²) in [5.41, 5.74) is 0.890. The molecule has 1 atom stereocenters. The number of nitrogens with one attached hydrogen (secondary N) is 1. The summed E-state index contributed by atoms with van der Waals surface area (Å²) >= 11 is 0. The fourth-order valence-electron chi connectivity index (χ4n) is 3.03. The highest BCUT2D eigenvalue weighted by molar-refractivity contribution is 7.89. The van der Waals surface area contributed by atoms with E-state index in [0.29, 0.717) is 5.75 Å². The molecule has 7 heteroatoms. The Balaban J connectivity index is 1.59. The van der Waals surface area contributed by atoms with Gasteiger partial charge >= 0.3 is 0 Å². The maximum Gasteiger partial charge on any atom is 0.260 e. The van der Waals surface area contributed by atoms with Crippen molar-refractivity contribution in [1.82, 2.24) is 9.62 Å². The van der Waals surface area contributed by atoms with E-state index in [4.69, 9.17) is 4.74 Å². The molecular formula is C20H24N2O4S. The van der Waals surface area contributed by atoms with Crippen LogP contribution in [0.3, 0.4) is 0 Å². The Hall–Kier alpha value is -2.38. The van der Waals surface area contributed by atoms with E-state index in [1.807, 2.05) is 30.3 Å². The first-order valence-corrected chi connectivity index (χ1v) is 10.5. The van der Waals surface area contributed by atoms with Crippen molar-refractivity contribution in [2.24, 2.45) is 0 Å².